The van der Waals surface area contributed by atoms with Crippen molar-refractivity contribution in [3.8, 4) is 5.75 Å². The van der Waals surface area contributed by atoms with Gasteiger partial charge in [0, 0.05) is 6.54 Å². The van der Waals surface area contributed by atoms with E-state index in [4.69, 9.17) is 9.84 Å². The number of phenolic OH excluding ortho intramolecular Hbond substituents is 1. The molecule has 1 aromatic rings. The molecule has 0 aliphatic rings. The van der Waals surface area contributed by atoms with Crippen LogP contribution < -0.4 is 10.6 Å². The summed E-state index contributed by atoms with van der Waals surface area (Å²) < 4.78 is 4.81. The van der Waals surface area contributed by atoms with Crippen molar-refractivity contribution in [3.05, 3.63) is 29.8 Å². The molecule has 0 saturated heterocycles. The van der Waals surface area contributed by atoms with Crippen LogP contribution in [0.4, 0.5) is 0 Å². The van der Waals surface area contributed by atoms with Crippen LogP contribution in [0.25, 0.3) is 0 Å². The Morgan fingerprint density at radius 3 is 2.43 bits per heavy atom. The summed E-state index contributed by atoms with van der Waals surface area (Å²) in [5.41, 5.74) is 0.220. The lowest BCUT2D eigenvalue weighted by molar-refractivity contribution is -0.130. The van der Waals surface area contributed by atoms with Crippen LogP contribution in [0.3, 0.4) is 0 Å². The molecule has 0 saturated carbocycles. The third kappa shape index (κ3) is 5.52. The number of hydrogen-bond acceptors (Lipinski definition) is 5. The van der Waals surface area contributed by atoms with Crippen LogP contribution >= 0.6 is 0 Å². The number of phenols is 1. The minimum atomic E-state index is -0.704. The number of carbonyl (C=O) groups excluding carboxylic acids is 3. The Hall–Kier alpha value is -2.57. The van der Waals surface area contributed by atoms with E-state index in [1.807, 2.05) is 0 Å². The van der Waals surface area contributed by atoms with Gasteiger partial charge in [0.05, 0.1) is 5.56 Å². The van der Waals surface area contributed by atoms with Gasteiger partial charge in [-0.05, 0) is 38.1 Å². The molecule has 0 aliphatic carbocycles. The van der Waals surface area contributed by atoms with Crippen molar-refractivity contribution in [1.29, 1.82) is 0 Å². The molecule has 2 amide bonds. The lowest BCUT2D eigenvalue weighted by Crippen LogP contribution is -2.46. The summed E-state index contributed by atoms with van der Waals surface area (Å²) in [5, 5.41) is 14.1. The molecule has 0 aromatic heterocycles. The average Bonchev–Trinajstić information content (AvgIpc) is 2.45. The normalized spacial score (nSPS) is 11.3. The number of benzene rings is 1. The Balaban J connectivity index is 2.40. The molecule has 7 heteroatoms. The molecule has 1 rings (SSSR count). The van der Waals surface area contributed by atoms with E-state index in [9.17, 15) is 14.4 Å². The SMILES string of the molecule is CCNC(=O)[C@@H](C)NC(=O)COC(=O)c1ccc(O)cc1. The van der Waals surface area contributed by atoms with E-state index < -0.39 is 24.5 Å². The first-order chi connectivity index (χ1) is 9.93. The van der Waals surface area contributed by atoms with Crippen LogP contribution in [0.15, 0.2) is 24.3 Å². The van der Waals surface area contributed by atoms with Crippen LogP contribution in [0.1, 0.15) is 24.2 Å². The molecule has 0 radical (unpaired) electrons. The summed E-state index contributed by atoms with van der Waals surface area (Å²) in [7, 11) is 0. The van der Waals surface area contributed by atoms with Crippen molar-refractivity contribution >= 4 is 17.8 Å². The zero-order valence-corrected chi connectivity index (χ0v) is 11.9. The predicted octanol–water partition coefficient (Wildman–Crippen LogP) is 0.190. The molecular weight excluding hydrogens is 276 g/mol. The molecule has 1 atom stereocenters. The number of likely N-dealkylation sites (N-methyl/N-ethyl adjacent to an activating group) is 1. The second-order valence-corrected chi connectivity index (χ2v) is 4.31. The number of carbonyl (C=O) groups is 3. The maximum atomic E-state index is 11.6. The fourth-order valence-electron chi connectivity index (χ4n) is 1.49. The van der Waals surface area contributed by atoms with Crippen molar-refractivity contribution in [1.82, 2.24) is 10.6 Å². The average molecular weight is 294 g/mol. The molecule has 0 aliphatic heterocycles. The number of hydrogen-bond donors (Lipinski definition) is 3. The zero-order chi connectivity index (χ0) is 15.8. The second kappa shape index (κ2) is 7.88. The van der Waals surface area contributed by atoms with Crippen molar-refractivity contribution in [2.24, 2.45) is 0 Å². The van der Waals surface area contributed by atoms with Gasteiger partial charge in [0.2, 0.25) is 5.91 Å². The lowest BCUT2D eigenvalue weighted by Gasteiger charge is -2.13. The molecule has 21 heavy (non-hydrogen) atoms. The fraction of sp³-hybridized carbons (Fsp3) is 0.357. The maximum Gasteiger partial charge on any atom is 0.338 e. The van der Waals surface area contributed by atoms with Crippen molar-refractivity contribution in [3.63, 3.8) is 0 Å². The highest BCUT2D eigenvalue weighted by atomic mass is 16.5. The Morgan fingerprint density at radius 1 is 1.24 bits per heavy atom. The number of amides is 2. The van der Waals surface area contributed by atoms with E-state index in [1.165, 1.54) is 31.2 Å². The van der Waals surface area contributed by atoms with Gasteiger partial charge in [0.1, 0.15) is 11.8 Å². The fourth-order valence-corrected chi connectivity index (χ4v) is 1.49. The third-order valence-electron chi connectivity index (χ3n) is 2.56. The number of rotatable bonds is 6. The van der Waals surface area contributed by atoms with E-state index >= 15 is 0 Å². The molecule has 3 N–H and O–H groups in total. The summed E-state index contributed by atoms with van der Waals surface area (Å²) in [5.74, 6) is -1.53. The smallest absolute Gasteiger partial charge is 0.338 e. The molecule has 0 bridgehead atoms. The topological polar surface area (TPSA) is 105 Å². The molecule has 114 valence electrons. The van der Waals surface area contributed by atoms with Crippen molar-refractivity contribution in [2.75, 3.05) is 13.2 Å². The molecule has 1 aromatic carbocycles. The third-order valence-corrected chi connectivity index (χ3v) is 2.56. The summed E-state index contributed by atoms with van der Waals surface area (Å²) in [6, 6.07) is 4.74. The van der Waals surface area contributed by atoms with Gasteiger partial charge in [-0.25, -0.2) is 4.79 Å². The van der Waals surface area contributed by atoms with Crippen molar-refractivity contribution in [2.45, 2.75) is 19.9 Å². The quantitative estimate of drug-likeness (QED) is 0.650. The number of aromatic hydroxyl groups is 1. The highest BCUT2D eigenvalue weighted by molar-refractivity contribution is 5.92. The Bertz CT molecular complexity index is 513. The van der Waals surface area contributed by atoms with Crippen molar-refractivity contribution < 1.29 is 24.2 Å². The molecule has 7 nitrogen and oxygen atoms in total. The summed E-state index contributed by atoms with van der Waals surface area (Å²) in [6.07, 6.45) is 0. The van der Waals surface area contributed by atoms with Crippen LogP contribution in [0.2, 0.25) is 0 Å². The first kappa shape index (κ1) is 16.5. The number of nitrogens with one attached hydrogen (secondary N) is 2. The molecular formula is C14H18N2O5. The molecule has 0 unspecified atom stereocenters. The second-order valence-electron chi connectivity index (χ2n) is 4.31. The lowest BCUT2D eigenvalue weighted by atomic mass is 10.2. The van der Waals surface area contributed by atoms with Gasteiger partial charge in [-0.3, -0.25) is 9.59 Å². The van der Waals surface area contributed by atoms with E-state index in [1.54, 1.807) is 6.92 Å². The molecule has 0 heterocycles. The zero-order valence-electron chi connectivity index (χ0n) is 11.9. The minimum absolute atomic E-state index is 0.0278. The predicted molar refractivity (Wildman–Crippen MR) is 74.7 cm³/mol. The summed E-state index contributed by atoms with van der Waals surface area (Å²) >= 11 is 0. The summed E-state index contributed by atoms with van der Waals surface area (Å²) in [4.78, 5) is 34.6. The Morgan fingerprint density at radius 2 is 1.86 bits per heavy atom. The monoisotopic (exact) mass is 294 g/mol. The van der Waals surface area contributed by atoms with Crippen LogP contribution in [-0.2, 0) is 14.3 Å². The van der Waals surface area contributed by atoms with Gasteiger partial charge in [0.15, 0.2) is 6.61 Å². The van der Waals surface area contributed by atoms with Crippen LogP contribution in [0.5, 0.6) is 5.75 Å². The minimum Gasteiger partial charge on any atom is -0.508 e. The Labute approximate surface area is 122 Å². The Kier molecular flexibility index (Phi) is 6.19. The van der Waals surface area contributed by atoms with Gasteiger partial charge in [-0.1, -0.05) is 0 Å². The highest BCUT2D eigenvalue weighted by Gasteiger charge is 2.16. The van der Waals surface area contributed by atoms with Gasteiger partial charge >= 0.3 is 5.97 Å². The van der Waals surface area contributed by atoms with Crippen LogP contribution in [0, 0.1) is 0 Å². The highest BCUT2D eigenvalue weighted by Crippen LogP contribution is 2.10. The number of ether oxygens (including phenoxy) is 1. The summed E-state index contributed by atoms with van der Waals surface area (Å²) in [6.45, 7) is 3.29. The molecule has 0 fully saturated rings. The van der Waals surface area contributed by atoms with Gasteiger partial charge in [-0.2, -0.15) is 0 Å². The van der Waals surface area contributed by atoms with Gasteiger partial charge in [-0.15, -0.1) is 0 Å². The van der Waals surface area contributed by atoms with Gasteiger partial charge in [0.25, 0.3) is 5.91 Å². The van der Waals surface area contributed by atoms with Crippen LogP contribution in [-0.4, -0.2) is 42.1 Å². The van der Waals surface area contributed by atoms with Gasteiger partial charge < -0.3 is 20.5 Å². The molecule has 0 spiro atoms. The van der Waals surface area contributed by atoms with E-state index in [2.05, 4.69) is 10.6 Å². The first-order valence-electron chi connectivity index (χ1n) is 6.47. The van der Waals surface area contributed by atoms with E-state index in [0.29, 0.717) is 6.54 Å². The maximum absolute atomic E-state index is 11.6. The largest absolute Gasteiger partial charge is 0.508 e. The van der Waals surface area contributed by atoms with E-state index in [0.717, 1.165) is 0 Å². The number of esters is 1. The van der Waals surface area contributed by atoms with E-state index in [-0.39, 0.29) is 17.2 Å². The standard InChI is InChI=1S/C14H18N2O5/c1-3-15-13(19)9(2)16-12(18)8-21-14(20)10-4-6-11(17)7-5-10/h4-7,9,17H,3,8H2,1-2H3,(H,15,19)(H,16,18)/t9-/m1/s1. The first-order valence-corrected chi connectivity index (χ1v) is 6.47.